The van der Waals surface area contributed by atoms with Gasteiger partial charge in [0, 0.05) is 5.69 Å². The van der Waals surface area contributed by atoms with Crippen LogP contribution in [0, 0.1) is 5.82 Å². The van der Waals surface area contributed by atoms with Gasteiger partial charge in [-0.3, -0.25) is 4.79 Å². The summed E-state index contributed by atoms with van der Waals surface area (Å²) in [7, 11) is 0. The second-order valence-corrected chi connectivity index (χ2v) is 4.71. The van der Waals surface area contributed by atoms with E-state index in [1.165, 1.54) is 12.1 Å². The van der Waals surface area contributed by atoms with Crippen LogP contribution in [0.4, 0.5) is 10.1 Å². The van der Waals surface area contributed by atoms with Crippen LogP contribution in [0.5, 0.6) is 0 Å². The van der Waals surface area contributed by atoms with Crippen LogP contribution in [0.3, 0.4) is 0 Å². The van der Waals surface area contributed by atoms with Gasteiger partial charge in [-0.2, -0.15) is 0 Å². The van der Waals surface area contributed by atoms with Crippen molar-refractivity contribution < 1.29 is 14.3 Å². The van der Waals surface area contributed by atoms with Gasteiger partial charge in [-0.25, -0.2) is 4.39 Å². The number of benzene rings is 2. The fourth-order valence-electron chi connectivity index (χ4n) is 1.75. The highest BCUT2D eigenvalue weighted by Crippen LogP contribution is 2.20. The Kier molecular flexibility index (Phi) is 4.71. The molecule has 3 nitrogen and oxygen atoms in total. The van der Waals surface area contributed by atoms with E-state index in [1.54, 1.807) is 24.3 Å². The Morgan fingerprint density at radius 2 is 1.95 bits per heavy atom. The van der Waals surface area contributed by atoms with E-state index in [4.69, 9.17) is 11.6 Å². The first-order valence-electron chi connectivity index (χ1n) is 6.04. The van der Waals surface area contributed by atoms with Crippen LogP contribution in [-0.2, 0) is 4.79 Å². The van der Waals surface area contributed by atoms with E-state index in [-0.39, 0.29) is 11.4 Å². The van der Waals surface area contributed by atoms with E-state index in [1.807, 2.05) is 6.07 Å². The molecule has 0 aliphatic heterocycles. The number of carbonyl (C=O) groups is 1. The summed E-state index contributed by atoms with van der Waals surface area (Å²) in [6.07, 6.45) is -0.998. The summed E-state index contributed by atoms with van der Waals surface area (Å²) < 4.78 is 13.2. The van der Waals surface area contributed by atoms with Crippen LogP contribution >= 0.6 is 11.6 Å². The molecule has 0 saturated carbocycles. The van der Waals surface area contributed by atoms with E-state index in [0.29, 0.717) is 11.3 Å². The number of amides is 1. The molecule has 2 rings (SSSR count). The van der Waals surface area contributed by atoms with Crippen LogP contribution in [0.25, 0.3) is 0 Å². The lowest BCUT2D eigenvalue weighted by molar-refractivity contribution is -0.118. The second kappa shape index (κ2) is 6.50. The molecule has 0 aliphatic carbocycles. The quantitative estimate of drug-likeness (QED) is 0.906. The molecule has 0 aliphatic rings. The van der Waals surface area contributed by atoms with Crippen molar-refractivity contribution in [2.45, 2.75) is 12.5 Å². The maximum atomic E-state index is 13.2. The molecule has 20 heavy (non-hydrogen) atoms. The highest BCUT2D eigenvalue weighted by atomic mass is 35.5. The molecular formula is C15H13ClFNO2. The SMILES string of the molecule is O=C(CC(O)c1ccccc1)Nc1ccc(Cl)c(F)c1. The van der Waals surface area contributed by atoms with Gasteiger partial charge in [-0.15, -0.1) is 0 Å². The smallest absolute Gasteiger partial charge is 0.227 e. The average molecular weight is 294 g/mol. The maximum absolute atomic E-state index is 13.2. The lowest BCUT2D eigenvalue weighted by Crippen LogP contribution is -2.15. The molecule has 1 unspecified atom stereocenters. The number of anilines is 1. The first-order chi connectivity index (χ1) is 9.56. The Morgan fingerprint density at radius 3 is 2.60 bits per heavy atom. The summed E-state index contributed by atoms with van der Waals surface area (Å²) in [5.74, 6) is -1.00. The molecule has 0 saturated heterocycles. The van der Waals surface area contributed by atoms with E-state index in [2.05, 4.69) is 5.32 Å². The number of aliphatic hydroxyl groups excluding tert-OH is 1. The molecule has 2 aromatic rings. The zero-order chi connectivity index (χ0) is 14.5. The Labute approximate surface area is 121 Å². The van der Waals surface area contributed by atoms with Gasteiger partial charge >= 0.3 is 0 Å². The minimum atomic E-state index is -0.895. The first kappa shape index (κ1) is 14.5. The van der Waals surface area contributed by atoms with E-state index in [9.17, 15) is 14.3 Å². The topological polar surface area (TPSA) is 49.3 Å². The molecule has 1 amide bonds. The van der Waals surface area contributed by atoms with Crippen molar-refractivity contribution in [2.75, 3.05) is 5.32 Å². The monoisotopic (exact) mass is 293 g/mol. The molecule has 2 N–H and O–H groups in total. The number of rotatable bonds is 4. The second-order valence-electron chi connectivity index (χ2n) is 4.31. The molecule has 5 heteroatoms. The van der Waals surface area contributed by atoms with Gasteiger partial charge in [0.15, 0.2) is 0 Å². The molecule has 104 valence electrons. The lowest BCUT2D eigenvalue weighted by Gasteiger charge is -2.11. The molecule has 0 bridgehead atoms. The molecule has 2 aromatic carbocycles. The molecular weight excluding hydrogens is 281 g/mol. The standard InChI is InChI=1S/C15H13ClFNO2/c16-12-7-6-11(8-13(12)17)18-15(20)9-14(19)10-4-2-1-3-5-10/h1-8,14,19H,9H2,(H,18,20). The van der Waals surface area contributed by atoms with Crippen molar-refractivity contribution in [1.29, 1.82) is 0 Å². The van der Waals surface area contributed by atoms with Crippen molar-refractivity contribution >= 4 is 23.2 Å². The average Bonchev–Trinajstić information content (AvgIpc) is 2.44. The van der Waals surface area contributed by atoms with Crippen LogP contribution in [-0.4, -0.2) is 11.0 Å². The first-order valence-corrected chi connectivity index (χ1v) is 6.42. The Bertz CT molecular complexity index is 604. The third-order valence-electron chi connectivity index (χ3n) is 2.77. The number of halogens is 2. The zero-order valence-corrected chi connectivity index (χ0v) is 11.3. The number of aliphatic hydroxyl groups is 1. The Hall–Kier alpha value is -1.91. The minimum absolute atomic E-state index is 0.00711. The van der Waals surface area contributed by atoms with Gasteiger partial charge in [0.2, 0.25) is 5.91 Å². The van der Waals surface area contributed by atoms with E-state index in [0.717, 1.165) is 6.07 Å². The van der Waals surface area contributed by atoms with Gasteiger partial charge in [-0.1, -0.05) is 41.9 Å². The highest BCUT2D eigenvalue weighted by molar-refractivity contribution is 6.30. The van der Waals surface area contributed by atoms with Crippen LogP contribution in [0.2, 0.25) is 5.02 Å². The molecule has 0 radical (unpaired) electrons. The predicted molar refractivity (Wildman–Crippen MR) is 76.1 cm³/mol. The molecule has 0 aromatic heterocycles. The molecule has 1 atom stereocenters. The summed E-state index contributed by atoms with van der Waals surface area (Å²) in [5.41, 5.74) is 0.960. The van der Waals surface area contributed by atoms with Crippen LogP contribution < -0.4 is 5.32 Å². The third kappa shape index (κ3) is 3.79. The highest BCUT2D eigenvalue weighted by Gasteiger charge is 2.13. The van der Waals surface area contributed by atoms with E-state index >= 15 is 0 Å². The normalized spacial score (nSPS) is 11.9. The van der Waals surface area contributed by atoms with Gasteiger partial charge < -0.3 is 10.4 Å². The predicted octanol–water partition coefficient (Wildman–Crippen LogP) is 3.54. The Morgan fingerprint density at radius 1 is 1.25 bits per heavy atom. The summed E-state index contributed by atoms with van der Waals surface area (Å²) in [5, 5.41) is 12.4. The van der Waals surface area contributed by atoms with Crippen molar-refractivity contribution in [1.82, 2.24) is 0 Å². The maximum Gasteiger partial charge on any atom is 0.227 e. The summed E-state index contributed by atoms with van der Waals surface area (Å²) in [6, 6.07) is 12.9. The number of nitrogens with one attached hydrogen (secondary N) is 1. The largest absolute Gasteiger partial charge is 0.388 e. The molecule has 0 fully saturated rings. The molecule has 0 spiro atoms. The fourth-order valence-corrected chi connectivity index (χ4v) is 1.87. The van der Waals surface area contributed by atoms with Crippen molar-refractivity contribution in [3.05, 3.63) is 64.9 Å². The van der Waals surface area contributed by atoms with Gasteiger partial charge in [0.1, 0.15) is 5.82 Å². The zero-order valence-electron chi connectivity index (χ0n) is 10.5. The van der Waals surface area contributed by atoms with Gasteiger partial charge in [0.05, 0.1) is 17.5 Å². The summed E-state index contributed by atoms with van der Waals surface area (Å²) in [6.45, 7) is 0. The minimum Gasteiger partial charge on any atom is -0.388 e. The van der Waals surface area contributed by atoms with E-state index < -0.39 is 17.8 Å². The number of carbonyl (C=O) groups excluding carboxylic acids is 1. The number of hydrogen-bond donors (Lipinski definition) is 2. The van der Waals surface area contributed by atoms with Crippen molar-refractivity contribution in [3.63, 3.8) is 0 Å². The summed E-state index contributed by atoms with van der Waals surface area (Å²) >= 11 is 5.55. The summed E-state index contributed by atoms with van der Waals surface area (Å²) in [4.78, 5) is 11.8. The van der Waals surface area contributed by atoms with Crippen LogP contribution in [0.15, 0.2) is 48.5 Å². The lowest BCUT2D eigenvalue weighted by atomic mass is 10.1. The van der Waals surface area contributed by atoms with Crippen molar-refractivity contribution in [2.24, 2.45) is 0 Å². The van der Waals surface area contributed by atoms with Gasteiger partial charge in [-0.05, 0) is 23.8 Å². The fraction of sp³-hybridized carbons (Fsp3) is 0.133. The van der Waals surface area contributed by atoms with Crippen LogP contribution in [0.1, 0.15) is 18.1 Å². The molecule has 0 heterocycles. The third-order valence-corrected chi connectivity index (χ3v) is 3.07. The number of hydrogen-bond acceptors (Lipinski definition) is 2. The van der Waals surface area contributed by atoms with Gasteiger partial charge in [0.25, 0.3) is 0 Å². The Balaban J connectivity index is 1.97. The van der Waals surface area contributed by atoms with Crippen molar-refractivity contribution in [3.8, 4) is 0 Å².